The molecule has 2 aromatic carbocycles. The molecule has 1 N–H and O–H groups in total. The lowest BCUT2D eigenvalue weighted by molar-refractivity contribution is -0.141. The van der Waals surface area contributed by atoms with Crippen LogP contribution in [0.5, 0.6) is 0 Å². The van der Waals surface area contributed by atoms with Gasteiger partial charge in [0, 0.05) is 42.7 Å². The predicted molar refractivity (Wildman–Crippen MR) is 104 cm³/mol. The van der Waals surface area contributed by atoms with Crippen LogP contribution < -0.4 is 0 Å². The van der Waals surface area contributed by atoms with E-state index >= 15 is 0 Å². The van der Waals surface area contributed by atoms with Crippen molar-refractivity contribution >= 4 is 22.8 Å². The van der Waals surface area contributed by atoms with Crippen LogP contribution in [-0.4, -0.2) is 39.5 Å². The average Bonchev–Trinajstić information content (AvgIpc) is 3.30. The molecule has 1 aliphatic rings. The van der Waals surface area contributed by atoms with Gasteiger partial charge in [0.2, 0.25) is 0 Å². The highest BCUT2D eigenvalue weighted by molar-refractivity contribution is 6.07. The molecule has 0 spiro atoms. The minimum atomic E-state index is -0.852. The van der Waals surface area contributed by atoms with Gasteiger partial charge < -0.3 is 14.6 Å². The van der Waals surface area contributed by atoms with Gasteiger partial charge in [0.05, 0.1) is 11.5 Å². The average molecular weight is 362 g/mol. The molecule has 27 heavy (non-hydrogen) atoms. The highest BCUT2D eigenvalue weighted by Crippen LogP contribution is 2.34. The molecule has 4 rings (SSSR count). The first-order valence-electron chi connectivity index (χ1n) is 9.25. The standard InChI is InChI=1S/C22H22N2O3/c1-2-23-13-18(16-10-6-7-11-20(16)23)21(25)24-12-17(19(14-24)22(26)27)15-8-4-3-5-9-15/h3-11,13,17,19H,2,12,14H2,1H3,(H,26,27). The number of amides is 1. The largest absolute Gasteiger partial charge is 0.481 e. The Labute approximate surface area is 157 Å². The van der Waals surface area contributed by atoms with Gasteiger partial charge in [-0.25, -0.2) is 0 Å². The summed E-state index contributed by atoms with van der Waals surface area (Å²) in [5.41, 5.74) is 2.64. The van der Waals surface area contributed by atoms with E-state index in [1.807, 2.05) is 67.7 Å². The van der Waals surface area contributed by atoms with Gasteiger partial charge in [-0.3, -0.25) is 9.59 Å². The summed E-state index contributed by atoms with van der Waals surface area (Å²) in [6, 6.07) is 17.5. The van der Waals surface area contributed by atoms with Crippen molar-refractivity contribution in [2.24, 2.45) is 5.92 Å². The molecule has 2 unspecified atom stereocenters. The first kappa shape index (κ1) is 17.3. The van der Waals surface area contributed by atoms with Crippen molar-refractivity contribution in [2.45, 2.75) is 19.4 Å². The summed E-state index contributed by atoms with van der Waals surface area (Å²) in [7, 11) is 0. The molecule has 0 saturated carbocycles. The monoisotopic (exact) mass is 362 g/mol. The third-order valence-electron chi connectivity index (χ3n) is 5.51. The summed E-state index contributed by atoms with van der Waals surface area (Å²) < 4.78 is 2.06. The lowest BCUT2D eigenvalue weighted by Gasteiger charge is -2.16. The number of aliphatic carboxylic acids is 1. The number of aromatic nitrogens is 1. The second kappa shape index (κ2) is 6.91. The van der Waals surface area contributed by atoms with E-state index < -0.39 is 11.9 Å². The fourth-order valence-corrected chi connectivity index (χ4v) is 4.11. The number of carboxylic acids is 1. The van der Waals surface area contributed by atoms with Crippen LogP contribution in [0.2, 0.25) is 0 Å². The molecule has 0 bridgehead atoms. The number of fused-ring (bicyclic) bond motifs is 1. The Bertz CT molecular complexity index is 993. The summed E-state index contributed by atoms with van der Waals surface area (Å²) in [6.45, 7) is 3.48. The van der Waals surface area contributed by atoms with Crippen molar-refractivity contribution in [3.8, 4) is 0 Å². The number of rotatable bonds is 4. The van der Waals surface area contributed by atoms with Gasteiger partial charge in [-0.1, -0.05) is 48.5 Å². The van der Waals surface area contributed by atoms with Crippen LogP contribution in [0.1, 0.15) is 28.8 Å². The fourth-order valence-electron chi connectivity index (χ4n) is 4.11. The highest BCUT2D eigenvalue weighted by atomic mass is 16.4. The zero-order chi connectivity index (χ0) is 19.0. The van der Waals surface area contributed by atoms with Gasteiger partial charge in [-0.05, 0) is 18.6 Å². The highest BCUT2D eigenvalue weighted by Gasteiger charge is 2.41. The van der Waals surface area contributed by atoms with Crippen LogP contribution in [-0.2, 0) is 11.3 Å². The predicted octanol–water partition coefficient (Wildman–Crippen LogP) is 3.60. The molecule has 1 fully saturated rings. The van der Waals surface area contributed by atoms with Crippen LogP contribution >= 0.6 is 0 Å². The molecule has 1 aromatic heterocycles. The van der Waals surface area contributed by atoms with Crippen molar-refractivity contribution in [1.82, 2.24) is 9.47 Å². The van der Waals surface area contributed by atoms with Gasteiger partial charge in [0.15, 0.2) is 0 Å². The van der Waals surface area contributed by atoms with Crippen LogP contribution in [0.3, 0.4) is 0 Å². The van der Waals surface area contributed by atoms with Gasteiger partial charge in [-0.15, -0.1) is 0 Å². The minimum Gasteiger partial charge on any atom is -0.481 e. The number of likely N-dealkylation sites (tertiary alicyclic amines) is 1. The zero-order valence-electron chi connectivity index (χ0n) is 15.2. The Kier molecular flexibility index (Phi) is 4.44. The molecule has 138 valence electrons. The van der Waals surface area contributed by atoms with Crippen LogP contribution in [0.4, 0.5) is 0 Å². The van der Waals surface area contributed by atoms with Gasteiger partial charge >= 0.3 is 5.97 Å². The van der Waals surface area contributed by atoms with E-state index in [1.165, 1.54) is 0 Å². The quantitative estimate of drug-likeness (QED) is 0.771. The van der Waals surface area contributed by atoms with Crippen LogP contribution in [0, 0.1) is 5.92 Å². The number of carbonyl (C=O) groups is 2. The van der Waals surface area contributed by atoms with Crippen LogP contribution in [0.15, 0.2) is 60.8 Å². The van der Waals surface area contributed by atoms with E-state index in [0.29, 0.717) is 12.1 Å². The second-order valence-electron chi connectivity index (χ2n) is 7.02. The molecular weight excluding hydrogens is 340 g/mol. The first-order chi connectivity index (χ1) is 13.1. The molecule has 5 heteroatoms. The Hall–Kier alpha value is -3.08. The van der Waals surface area contributed by atoms with E-state index in [1.54, 1.807) is 4.90 Å². The number of hydrogen-bond acceptors (Lipinski definition) is 2. The molecule has 5 nitrogen and oxygen atoms in total. The number of carbonyl (C=O) groups excluding carboxylic acids is 1. The van der Waals surface area contributed by atoms with Crippen molar-refractivity contribution in [3.05, 3.63) is 71.9 Å². The number of nitrogens with zero attached hydrogens (tertiary/aromatic N) is 2. The first-order valence-corrected chi connectivity index (χ1v) is 9.25. The van der Waals surface area contributed by atoms with E-state index in [-0.39, 0.29) is 18.4 Å². The Morgan fingerprint density at radius 1 is 1.04 bits per heavy atom. The van der Waals surface area contributed by atoms with Crippen molar-refractivity contribution in [1.29, 1.82) is 0 Å². The molecule has 3 aromatic rings. The van der Waals surface area contributed by atoms with Gasteiger partial charge in [0.25, 0.3) is 5.91 Å². The lowest BCUT2D eigenvalue weighted by Crippen LogP contribution is -2.29. The van der Waals surface area contributed by atoms with E-state index in [2.05, 4.69) is 4.57 Å². The molecule has 1 saturated heterocycles. The third kappa shape index (κ3) is 2.99. The topological polar surface area (TPSA) is 62.5 Å². The van der Waals surface area contributed by atoms with E-state index in [9.17, 15) is 14.7 Å². The zero-order valence-corrected chi connectivity index (χ0v) is 15.2. The molecule has 0 aliphatic carbocycles. The maximum atomic E-state index is 13.3. The van der Waals surface area contributed by atoms with Crippen LogP contribution in [0.25, 0.3) is 10.9 Å². The maximum absolute atomic E-state index is 13.3. The second-order valence-corrected chi connectivity index (χ2v) is 7.02. The molecule has 2 atom stereocenters. The lowest BCUT2D eigenvalue weighted by atomic mass is 9.89. The van der Waals surface area contributed by atoms with Crippen molar-refractivity contribution < 1.29 is 14.7 Å². The molecule has 1 aliphatic heterocycles. The van der Waals surface area contributed by atoms with E-state index in [0.717, 1.165) is 23.0 Å². The molecule has 2 heterocycles. The summed E-state index contributed by atoms with van der Waals surface area (Å²) in [5, 5.41) is 10.6. The van der Waals surface area contributed by atoms with Gasteiger partial charge in [-0.2, -0.15) is 0 Å². The number of carboxylic acid groups (broad SMARTS) is 1. The minimum absolute atomic E-state index is 0.0944. The fraction of sp³-hybridized carbons (Fsp3) is 0.273. The number of para-hydroxylation sites is 1. The third-order valence-corrected chi connectivity index (χ3v) is 5.51. The Balaban J connectivity index is 1.68. The van der Waals surface area contributed by atoms with Crippen molar-refractivity contribution in [3.63, 3.8) is 0 Å². The number of aryl methyl sites for hydroxylation is 1. The van der Waals surface area contributed by atoms with E-state index in [4.69, 9.17) is 0 Å². The Morgan fingerprint density at radius 3 is 2.44 bits per heavy atom. The summed E-state index contributed by atoms with van der Waals surface area (Å²) in [6.07, 6.45) is 1.89. The summed E-state index contributed by atoms with van der Waals surface area (Å²) in [5.74, 6) is -1.72. The smallest absolute Gasteiger partial charge is 0.308 e. The number of benzene rings is 2. The maximum Gasteiger partial charge on any atom is 0.308 e. The normalized spacial score (nSPS) is 19.5. The molecule has 1 amide bonds. The SMILES string of the molecule is CCn1cc(C(=O)N2CC(C(=O)O)C(c3ccccc3)C2)c2ccccc21. The van der Waals surface area contributed by atoms with Crippen molar-refractivity contribution in [2.75, 3.05) is 13.1 Å². The molecular formula is C22H22N2O3. The summed E-state index contributed by atoms with van der Waals surface area (Å²) in [4.78, 5) is 26.8. The summed E-state index contributed by atoms with van der Waals surface area (Å²) >= 11 is 0. The van der Waals surface area contributed by atoms with Gasteiger partial charge in [0.1, 0.15) is 0 Å². The molecule has 0 radical (unpaired) electrons. The Morgan fingerprint density at radius 2 is 1.74 bits per heavy atom. The number of hydrogen-bond donors (Lipinski definition) is 1.